The van der Waals surface area contributed by atoms with E-state index >= 15 is 0 Å². The van der Waals surface area contributed by atoms with Gasteiger partial charge in [-0.15, -0.1) is 0 Å². The van der Waals surface area contributed by atoms with E-state index in [9.17, 15) is 9.18 Å². The molecule has 0 aromatic heterocycles. The lowest BCUT2D eigenvalue weighted by Gasteiger charge is -2.21. The molecule has 0 heterocycles. The Balaban J connectivity index is 2.12. The second-order valence-corrected chi connectivity index (χ2v) is 6.66. The summed E-state index contributed by atoms with van der Waals surface area (Å²) < 4.78 is 18.3. The Labute approximate surface area is 149 Å². The number of aliphatic imine (C=N–C) groups is 1. The van der Waals surface area contributed by atoms with E-state index in [0.29, 0.717) is 24.9 Å². The van der Waals surface area contributed by atoms with E-state index in [1.807, 2.05) is 20.8 Å². The van der Waals surface area contributed by atoms with Crippen LogP contribution in [0.5, 0.6) is 5.75 Å². The van der Waals surface area contributed by atoms with Crippen molar-refractivity contribution in [3.63, 3.8) is 0 Å². The Hall–Kier alpha value is -2.31. The molecule has 1 aromatic carbocycles. The minimum Gasteiger partial charge on any atom is -0.494 e. The summed E-state index contributed by atoms with van der Waals surface area (Å²) in [5.74, 6) is 0.898. The third-order valence-corrected chi connectivity index (χ3v) is 3.10. The largest absolute Gasteiger partial charge is 0.494 e. The van der Waals surface area contributed by atoms with Gasteiger partial charge in [0, 0.05) is 19.1 Å². The maximum Gasteiger partial charge on any atom is 0.239 e. The van der Waals surface area contributed by atoms with Gasteiger partial charge in [-0.05, 0) is 57.9 Å². The van der Waals surface area contributed by atoms with Crippen LogP contribution in [0.15, 0.2) is 29.3 Å². The molecule has 0 spiro atoms. The number of ether oxygens (including phenoxy) is 1. The lowest BCUT2D eigenvalue weighted by molar-refractivity contribution is -0.121. The second kappa shape index (κ2) is 10.5. The first-order chi connectivity index (χ1) is 11.8. The summed E-state index contributed by atoms with van der Waals surface area (Å²) >= 11 is 0. The highest BCUT2D eigenvalue weighted by Gasteiger charge is 2.13. The van der Waals surface area contributed by atoms with Gasteiger partial charge in [0.05, 0.1) is 13.2 Å². The van der Waals surface area contributed by atoms with Gasteiger partial charge >= 0.3 is 0 Å². The number of halogens is 1. The third kappa shape index (κ3) is 10.2. The summed E-state index contributed by atoms with van der Waals surface area (Å²) in [7, 11) is 1.66. The summed E-state index contributed by atoms with van der Waals surface area (Å²) in [5.41, 5.74) is -0.250. The van der Waals surface area contributed by atoms with Crippen molar-refractivity contribution in [2.75, 3.05) is 26.7 Å². The maximum absolute atomic E-state index is 12.8. The van der Waals surface area contributed by atoms with Crippen LogP contribution in [0.1, 0.15) is 33.6 Å². The summed E-state index contributed by atoms with van der Waals surface area (Å²) in [6, 6.07) is 5.98. The smallest absolute Gasteiger partial charge is 0.239 e. The molecule has 3 N–H and O–H groups in total. The normalized spacial score (nSPS) is 11.8. The second-order valence-electron chi connectivity index (χ2n) is 6.66. The predicted molar refractivity (Wildman–Crippen MR) is 98.4 cm³/mol. The summed E-state index contributed by atoms with van der Waals surface area (Å²) in [6.07, 6.45) is 1.74. The van der Waals surface area contributed by atoms with E-state index in [1.54, 1.807) is 19.2 Å². The van der Waals surface area contributed by atoms with Crippen LogP contribution in [0, 0.1) is 5.82 Å². The summed E-state index contributed by atoms with van der Waals surface area (Å²) in [4.78, 5) is 15.8. The minimum atomic E-state index is -0.272. The Morgan fingerprint density at radius 1 is 1.16 bits per heavy atom. The third-order valence-electron chi connectivity index (χ3n) is 3.10. The van der Waals surface area contributed by atoms with Crippen molar-refractivity contribution >= 4 is 11.9 Å². The van der Waals surface area contributed by atoms with Gasteiger partial charge < -0.3 is 20.7 Å². The molecule has 140 valence electrons. The molecule has 0 saturated carbocycles. The lowest BCUT2D eigenvalue weighted by atomic mass is 10.1. The highest BCUT2D eigenvalue weighted by Crippen LogP contribution is 2.11. The van der Waals surface area contributed by atoms with Crippen LogP contribution in [-0.2, 0) is 4.79 Å². The van der Waals surface area contributed by atoms with E-state index in [0.717, 1.165) is 12.8 Å². The molecule has 0 radical (unpaired) electrons. The molecule has 25 heavy (non-hydrogen) atoms. The van der Waals surface area contributed by atoms with E-state index < -0.39 is 0 Å². The molecule has 7 heteroatoms. The van der Waals surface area contributed by atoms with Gasteiger partial charge in [0.2, 0.25) is 5.91 Å². The zero-order valence-corrected chi connectivity index (χ0v) is 15.5. The maximum atomic E-state index is 12.8. The Morgan fingerprint density at radius 2 is 1.84 bits per heavy atom. The predicted octanol–water partition coefficient (Wildman–Crippen LogP) is 2.06. The number of carbonyl (C=O) groups is 1. The zero-order valence-electron chi connectivity index (χ0n) is 15.5. The fourth-order valence-corrected chi connectivity index (χ4v) is 2.00. The number of benzene rings is 1. The molecule has 0 aliphatic rings. The van der Waals surface area contributed by atoms with Crippen molar-refractivity contribution < 1.29 is 13.9 Å². The van der Waals surface area contributed by atoms with Gasteiger partial charge in [-0.1, -0.05) is 0 Å². The van der Waals surface area contributed by atoms with E-state index in [4.69, 9.17) is 4.74 Å². The number of unbranched alkanes of at least 4 members (excludes halogenated alkanes) is 1. The van der Waals surface area contributed by atoms with E-state index in [2.05, 4.69) is 20.9 Å². The van der Waals surface area contributed by atoms with Gasteiger partial charge in [0.15, 0.2) is 5.96 Å². The quantitative estimate of drug-likeness (QED) is 0.380. The molecular formula is C18H29FN4O2. The molecule has 0 bridgehead atoms. The van der Waals surface area contributed by atoms with Gasteiger partial charge in [0.25, 0.3) is 0 Å². The summed E-state index contributed by atoms with van der Waals surface area (Å²) in [5, 5.41) is 9.00. The first-order valence-corrected chi connectivity index (χ1v) is 8.44. The number of nitrogens with one attached hydrogen (secondary N) is 3. The van der Waals surface area contributed by atoms with Crippen LogP contribution in [0.3, 0.4) is 0 Å². The Bertz CT molecular complexity index is 553. The van der Waals surface area contributed by atoms with Gasteiger partial charge in [-0.3, -0.25) is 9.79 Å². The Kier molecular flexibility index (Phi) is 8.74. The molecule has 0 atom stereocenters. The minimum absolute atomic E-state index is 0.0804. The van der Waals surface area contributed by atoms with E-state index in [1.165, 1.54) is 12.1 Å². The monoisotopic (exact) mass is 352 g/mol. The van der Waals surface area contributed by atoms with Crippen LogP contribution in [0.4, 0.5) is 4.39 Å². The average molecular weight is 352 g/mol. The highest BCUT2D eigenvalue weighted by molar-refractivity contribution is 5.86. The van der Waals surface area contributed by atoms with Crippen molar-refractivity contribution in [1.29, 1.82) is 0 Å². The molecule has 0 saturated heterocycles. The average Bonchev–Trinajstić information content (AvgIpc) is 2.53. The number of rotatable bonds is 8. The number of amides is 1. The number of carbonyl (C=O) groups excluding carboxylic acids is 1. The first-order valence-electron chi connectivity index (χ1n) is 8.44. The molecule has 1 amide bonds. The molecule has 6 nitrogen and oxygen atoms in total. The first kappa shape index (κ1) is 20.7. The van der Waals surface area contributed by atoms with Crippen molar-refractivity contribution in [1.82, 2.24) is 16.0 Å². The van der Waals surface area contributed by atoms with Crippen molar-refractivity contribution in [2.24, 2.45) is 4.99 Å². The molecule has 0 fully saturated rings. The molecule has 1 rings (SSSR count). The SMILES string of the molecule is CN=C(NCCCCOc1ccc(F)cc1)NCC(=O)NC(C)(C)C. The van der Waals surface area contributed by atoms with Crippen LogP contribution in [-0.4, -0.2) is 44.1 Å². The fraction of sp³-hybridized carbons (Fsp3) is 0.556. The van der Waals surface area contributed by atoms with Crippen molar-refractivity contribution in [3.05, 3.63) is 30.1 Å². The zero-order chi connectivity index (χ0) is 18.7. The van der Waals surface area contributed by atoms with E-state index in [-0.39, 0.29) is 23.8 Å². The van der Waals surface area contributed by atoms with Crippen LogP contribution >= 0.6 is 0 Å². The number of hydrogen-bond donors (Lipinski definition) is 3. The van der Waals surface area contributed by atoms with Gasteiger partial charge in [-0.2, -0.15) is 0 Å². The molecular weight excluding hydrogens is 323 g/mol. The van der Waals surface area contributed by atoms with Crippen LogP contribution in [0.2, 0.25) is 0 Å². The fourth-order valence-electron chi connectivity index (χ4n) is 2.00. The molecule has 0 aliphatic carbocycles. The standard InChI is InChI=1S/C18H29FN4O2/c1-18(2,3)23-16(24)13-22-17(20-4)21-11-5-6-12-25-15-9-7-14(19)8-10-15/h7-10H,5-6,11-13H2,1-4H3,(H,23,24)(H2,20,21,22). The number of guanidine groups is 1. The van der Waals surface area contributed by atoms with Crippen LogP contribution < -0.4 is 20.7 Å². The highest BCUT2D eigenvalue weighted by atomic mass is 19.1. The number of nitrogens with zero attached hydrogens (tertiary/aromatic N) is 1. The topological polar surface area (TPSA) is 74.8 Å². The van der Waals surface area contributed by atoms with Crippen LogP contribution in [0.25, 0.3) is 0 Å². The summed E-state index contributed by atoms with van der Waals surface area (Å²) in [6.45, 7) is 7.26. The lowest BCUT2D eigenvalue weighted by Crippen LogP contribution is -2.48. The molecule has 1 aromatic rings. The van der Waals surface area contributed by atoms with Gasteiger partial charge in [-0.25, -0.2) is 4.39 Å². The molecule has 0 unspecified atom stereocenters. The number of hydrogen-bond acceptors (Lipinski definition) is 3. The molecule has 0 aliphatic heterocycles. The van der Waals surface area contributed by atoms with Gasteiger partial charge in [0.1, 0.15) is 11.6 Å². The Morgan fingerprint density at radius 3 is 2.44 bits per heavy atom. The van der Waals surface area contributed by atoms with Crippen molar-refractivity contribution in [2.45, 2.75) is 39.2 Å². The van der Waals surface area contributed by atoms with Crippen molar-refractivity contribution in [3.8, 4) is 5.75 Å².